The predicted molar refractivity (Wildman–Crippen MR) is 76.6 cm³/mol. The van der Waals surface area contributed by atoms with Crippen molar-refractivity contribution in [1.29, 1.82) is 0 Å². The molecule has 0 atom stereocenters. The van der Waals surface area contributed by atoms with Crippen LogP contribution in [0.5, 0.6) is 5.75 Å². The zero-order valence-electron chi connectivity index (χ0n) is 10.9. The first-order valence-corrected chi connectivity index (χ1v) is 10.5. The van der Waals surface area contributed by atoms with E-state index in [-0.39, 0.29) is 9.13 Å². The summed E-state index contributed by atoms with van der Waals surface area (Å²) < 4.78 is 39.1. The van der Waals surface area contributed by atoms with Gasteiger partial charge in [0.05, 0.1) is 0 Å². The van der Waals surface area contributed by atoms with Crippen LogP contribution in [-0.4, -0.2) is 16.5 Å². The van der Waals surface area contributed by atoms with Crippen molar-refractivity contribution in [1.82, 2.24) is 0 Å². The number of hydrogen-bond donors (Lipinski definition) is 1. The molecule has 0 fully saturated rings. The number of fused-ring (bicyclic) bond motifs is 1. The third kappa shape index (κ3) is 2.30. The van der Waals surface area contributed by atoms with Crippen molar-refractivity contribution in [3.05, 3.63) is 57.9 Å². The van der Waals surface area contributed by atoms with Crippen LogP contribution in [-0.2, 0) is 3.07 Å². The van der Waals surface area contributed by atoms with Gasteiger partial charge in [0, 0.05) is 0 Å². The molecule has 2 aromatic rings. The minimum absolute atomic E-state index is 0.0400. The number of carbonyl (C=O) groups excluding carboxylic acids is 1. The zero-order chi connectivity index (χ0) is 15.1. The molecule has 0 spiro atoms. The molecular formula is C13H12INO6. The number of benzene rings is 1. The number of halogens is 1. The molecule has 0 saturated heterocycles. The first-order chi connectivity index (χ1) is 9.91. The molecule has 0 aliphatic carbocycles. The molecule has 1 aliphatic rings. The van der Waals surface area contributed by atoms with Crippen LogP contribution in [0.3, 0.4) is 0 Å². The topological polar surface area (TPSA) is 91.9 Å². The third-order valence-corrected chi connectivity index (χ3v) is 8.06. The Morgan fingerprint density at radius 3 is 2.57 bits per heavy atom. The van der Waals surface area contributed by atoms with Crippen molar-refractivity contribution in [3.8, 4) is 5.75 Å². The summed E-state index contributed by atoms with van der Waals surface area (Å²) in [5, 5.41) is 0. The van der Waals surface area contributed by atoms with Crippen LogP contribution >= 0.6 is 18.7 Å². The van der Waals surface area contributed by atoms with E-state index in [1.807, 2.05) is 0 Å². The van der Waals surface area contributed by atoms with E-state index in [1.165, 1.54) is 49.8 Å². The van der Waals surface area contributed by atoms with E-state index in [0.29, 0.717) is 5.75 Å². The Morgan fingerprint density at radius 2 is 1.90 bits per heavy atom. The third-order valence-electron chi connectivity index (χ3n) is 2.85. The van der Waals surface area contributed by atoms with E-state index in [4.69, 9.17) is 11.0 Å². The fourth-order valence-corrected chi connectivity index (χ4v) is 6.60. The van der Waals surface area contributed by atoms with E-state index < -0.39 is 24.7 Å². The van der Waals surface area contributed by atoms with Crippen molar-refractivity contribution in [2.24, 2.45) is 0 Å². The molecule has 0 bridgehead atoms. The molecule has 1 N–H and O–H groups in total. The van der Waals surface area contributed by atoms with Crippen LogP contribution in [0.4, 0.5) is 0 Å². The molecule has 0 unspecified atom stereocenters. The molecular weight excluding hydrogens is 393 g/mol. The molecule has 3 rings (SSSR count). The SMILES string of the molecule is COc1cc[n+](OI2([O-])(O)OC(=O)c3ccccc32)cc1. The van der Waals surface area contributed by atoms with Gasteiger partial charge in [-0.1, -0.05) is 0 Å². The summed E-state index contributed by atoms with van der Waals surface area (Å²) in [5.74, 6) is -0.316. The van der Waals surface area contributed by atoms with E-state index >= 15 is 0 Å². The first kappa shape index (κ1) is 14.0. The van der Waals surface area contributed by atoms with Gasteiger partial charge in [0.15, 0.2) is 0 Å². The van der Waals surface area contributed by atoms with Gasteiger partial charge in [0.1, 0.15) is 0 Å². The maximum atomic E-state index is 12.9. The standard InChI is InChI=1S/C13H12INO6/c1-19-10-6-8-15(9-7-10)21-14(17,18)12-5-3-2-4-11(12)13(16)20-14/h2-9,17H,1H3. The average Bonchev–Trinajstić information content (AvgIpc) is 2.68. The Hall–Kier alpha value is -1.91. The number of hydrogen-bond acceptors (Lipinski definition) is 6. The molecule has 2 heterocycles. The summed E-state index contributed by atoms with van der Waals surface area (Å²) >= 11 is -6.21. The summed E-state index contributed by atoms with van der Waals surface area (Å²) in [6.45, 7) is 0. The molecule has 0 saturated carbocycles. The van der Waals surface area contributed by atoms with Crippen LogP contribution < -0.4 is 16.1 Å². The van der Waals surface area contributed by atoms with Gasteiger partial charge >= 0.3 is 123 Å². The van der Waals surface area contributed by atoms with Crippen LogP contribution in [0.15, 0.2) is 48.8 Å². The average molecular weight is 405 g/mol. The van der Waals surface area contributed by atoms with Gasteiger partial charge in [-0.15, -0.1) is 0 Å². The van der Waals surface area contributed by atoms with Crippen molar-refractivity contribution in [3.63, 3.8) is 0 Å². The van der Waals surface area contributed by atoms with Gasteiger partial charge in [-0.2, -0.15) is 0 Å². The Balaban J connectivity index is 2.01. The summed E-state index contributed by atoms with van der Waals surface area (Å²) in [6.07, 6.45) is 2.77. The van der Waals surface area contributed by atoms with E-state index in [9.17, 15) is 11.7 Å². The fraction of sp³-hybridized carbons (Fsp3) is 0.0769. The Bertz CT molecular complexity index is 715. The predicted octanol–water partition coefficient (Wildman–Crippen LogP) is 0.0419. The number of rotatable bonds is 3. The molecule has 1 aromatic carbocycles. The van der Waals surface area contributed by atoms with Gasteiger partial charge in [0.25, 0.3) is 0 Å². The molecule has 1 aliphatic heterocycles. The summed E-state index contributed by atoms with van der Waals surface area (Å²) in [6, 6.07) is 8.97. The van der Waals surface area contributed by atoms with Gasteiger partial charge in [0.2, 0.25) is 0 Å². The van der Waals surface area contributed by atoms with Crippen LogP contribution in [0.2, 0.25) is 0 Å². The van der Waals surface area contributed by atoms with Crippen LogP contribution in [0.1, 0.15) is 10.4 Å². The Morgan fingerprint density at radius 1 is 1.24 bits per heavy atom. The maximum absolute atomic E-state index is 12.9. The van der Waals surface area contributed by atoms with Gasteiger partial charge < -0.3 is 0 Å². The van der Waals surface area contributed by atoms with Crippen LogP contribution in [0, 0.1) is 3.57 Å². The number of ether oxygens (including phenoxy) is 1. The quantitative estimate of drug-likeness (QED) is 0.573. The normalized spacial score (nSPS) is 19.8. The van der Waals surface area contributed by atoms with E-state index in [1.54, 1.807) is 6.07 Å². The molecule has 1 aromatic heterocycles. The van der Waals surface area contributed by atoms with Crippen molar-refractivity contribution in [2.75, 3.05) is 7.11 Å². The first-order valence-electron chi connectivity index (χ1n) is 5.86. The second-order valence-corrected chi connectivity index (χ2v) is 10.3. The monoisotopic (exact) mass is 405 g/mol. The van der Waals surface area contributed by atoms with E-state index in [2.05, 4.69) is 0 Å². The van der Waals surface area contributed by atoms with Crippen LogP contribution in [0.25, 0.3) is 0 Å². The summed E-state index contributed by atoms with van der Waals surface area (Å²) in [5.41, 5.74) is 0.0400. The summed E-state index contributed by atoms with van der Waals surface area (Å²) in [7, 11) is 1.50. The molecule has 0 amide bonds. The van der Waals surface area contributed by atoms with Crippen molar-refractivity contribution >= 4 is 24.7 Å². The second-order valence-electron chi connectivity index (χ2n) is 4.22. The number of nitrogens with zero attached hydrogens (tertiary/aromatic N) is 1. The van der Waals surface area contributed by atoms with Gasteiger partial charge in [-0.05, 0) is 0 Å². The fourth-order valence-electron chi connectivity index (χ4n) is 1.88. The summed E-state index contributed by atoms with van der Waals surface area (Å²) in [4.78, 5) is 11.7. The molecule has 8 heteroatoms. The number of methoxy groups -OCH3 is 1. The van der Waals surface area contributed by atoms with Crippen molar-refractivity contribution < 1.29 is 27.4 Å². The Labute approximate surface area is 123 Å². The number of carbonyl (C=O) groups is 1. The second kappa shape index (κ2) is 4.55. The van der Waals surface area contributed by atoms with E-state index in [0.717, 1.165) is 4.73 Å². The van der Waals surface area contributed by atoms with Gasteiger partial charge in [-0.25, -0.2) is 0 Å². The number of pyridine rings is 1. The van der Waals surface area contributed by atoms with Gasteiger partial charge in [-0.3, -0.25) is 0 Å². The molecule has 0 radical (unpaired) electrons. The number of aromatic nitrogens is 1. The zero-order valence-corrected chi connectivity index (χ0v) is 13.1. The van der Waals surface area contributed by atoms with Crippen molar-refractivity contribution in [2.45, 2.75) is 0 Å². The molecule has 7 nitrogen and oxygen atoms in total. The minimum atomic E-state index is -6.21. The Kier molecular flexibility index (Phi) is 3.04. The molecule has 112 valence electrons. The molecule has 21 heavy (non-hydrogen) atoms.